The molecule has 5 heteroatoms. The molecule has 0 radical (unpaired) electrons. The predicted octanol–water partition coefficient (Wildman–Crippen LogP) is 3.53. The molecule has 0 spiro atoms. The number of halogens is 1. The number of hydrogen-bond donors (Lipinski definition) is 0. The van der Waals surface area contributed by atoms with E-state index in [0.717, 1.165) is 15.7 Å². The molecule has 0 atom stereocenters. The Balaban J connectivity index is 1.94. The van der Waals surface area contributed by atoms with Crippen molar-refractivity contribution in [3.8, 4) is 5.75 Å². The van der Waals surface area contributed by atoms with Gasteiger partial charge in [0.15, 0.2) is 0 Å². The largest absolute Gasteiger partial charge is 0.487 e. The van der Waals surface area contributed by atoms with E-state index in [4.69, 9.17) is 9.47 Å². The van der Waals surface area contributed by atoms with Crippen LogP contribution in [0, 0.1) is 0 Å². The van der Waals surface area contributed by atoms with Gasteiger partial charge in [0.1, 0.15) is 17.0 Å². The van der Waals surface area contributed by atoms with Crippen molar-refractivity contribution in [3.63, 3.8) is 0 Å². The van der Waals surface area contributed by atoms with E-state index in [-0.39, 0.29) is 12.4 Å². The number of esters is 1. The molecular weight excluding hydrogens is 334 g/mol. The fraction of sp³-hybridized carbons (Fsp3) is 0.250. The van der Waals surface area contributed by atoms with Crippen molar-refractivity contribution in [2.24, 2.45) is 0 Å². The summed E-state index contributed by atoms with van der Waals surface area (Å²) in [5.74, 6) is 0.488. The van der Waals surface area contributed by atoms with Crippen molar-refractivity contribution in [1.29, 1.82) is 0 Å². The van der Waals surface area contributed by atoms with Crippen LogP contribution in [-0.4, -0.2) is 17.6 Å². The van der Waals surface area contributed by atoms with Crippen LogP contribution < -0.4 is 4.74 Å². The lowest BCUT2D eigenvalue weighted by atomic mass is 10.1. The van der Waals surface area contributed by atoms with Gasteiger partial charge in [0.2, 0.25) is 0 Å². The van der Waals surface area contributed by atoms with Gasteiger partial charge in [-0.05, 0) is 46.1 Å². The highest BCUT2D eigenvalue weighted by Crippen LogP contribution is 2.15. The average molecular weight is 350 g/mol. The van der Waals surface area contributed by atoms with Crippen LogP contribution in [0.15, 0.2) is 47.2 Å². The average Bonchev–Trinajstić information content (AvgIpc) is 2.47. The van der Waals surface area contributed by atoms with Gasteiger partial charge < -0.3 is 9.47 Å². The second kappa shape index (κ2) is 7.78. The molecule has 1 aromatic heterocycles. The molecule has 0 unspecified atom stereocenters. The van der Waals surface area contributed by atoms with E-state index in [0.29, 0.717) is 19.0 Å². The van der Waals surface area contributed by atoms with Crippen molar-refractivity contribution in [3.05, 3.63) is 58.3 Å². The molecule has 0 saturated carbocycles. The maximum absolute atomic E-state index is 11.5. The summed E-state index contributed by atoms with van der Waals surface area (Å²) < 4.78 is 11.4. The highest BCUT2D eigenvalue weighted by Gasteiger charge is 2.05. The molecule has 0 N–H and O–H groups in total. The molecule has 0 amide bonds. The number of aromatic nitrogens is 1. The van der Waals surface area contributed by atoms with E-state index in [1.165, 1.54) is 0 Å². The fourth-order valence-corrected chi connectivity index (χ4v) is 2.06. The number of pyridine rings is 1. The van der Waals surface area contributed by atoms with Gasteiger partial charge in [0.25, 0.3) is 0 Å². The number of hydrogen-bond acceptors (Lipinski definition) is 4. The Morgan fingerprint density at radius 3 is 2.76 bits per heavy atom. The third-order valence-corrected chi connectivity index (χ3v) is 3.22. The van der Waals surface area contributed by atoms with E-state index >= 15 is 0 Å². The number of nitrogens with zero attached hydrogens (tertiary/aromatic N) is 1. The summed E-state index contributed by atoms with van der Waals surface area (Å²) >= 11 is 3.28. The summed E-state index contributed by atoms with van der Waals surface area (Å²) in [5, 5.41) is 0. The third kappa shape index (κ3) is 5.19. The molecule has 0 fully saturated rings. The Morgan fingerprint density at radius 1 is 1.24 bits per heavy atom. The zero-order chi connectivity index (χ0) is 15.1. The summed E-state index contributed by atoms with van der Waals surface area (Å²) in [6.45, 7) is 2.63. The highest BCUT2D eigenvalue weighted by atomic mass is 79.9. The van der Waals surface area contributed by atoms with Crippen molar-refractivity contribution in [1.82, 2.24) is 4.98 Å². The maximum Gasteiger partial charge on any atom is 0.310 e. The summed E-state index contributed by atoms with van der Waals surface area (Å²) in [6, 6.07) is 11.4. The minimum Gasteiger partial charge on any atom is -0.487 e. The maximum atomic E-state index is 11.5. The minimum atomic E-state index is -0.215. The normalized spacial score (nSPS) is 10.2. The monoisotopic (exact) mass is 349 g/mol. The Morgan fingerprint density at radius 2 is 2.05 bits per heavy atom. The first kappa shape index (κ1) is 15.5. The molecule has 4 nitrogen and oxygen atoms in total. The fourth-order valence-electron chi connectivity index (χ4n) is 1.82. The van der Waals surface area contributed by atoms with Crippen molar-refractivity contribution < 1.29 is 14.3 Å². The molecule has 0 aliphatic rings. The molecule has 0 bridgehead atoms. The molecule has 0 saturated heterocycles. The van der Waals surface area contributed by atoms with Crippen molar-refractivity contribution >= 4 is 21.9 Å². The SMILES string of the molecule is CCOC(=O)Cc1cccc(COc2ccc(Br)nc2)c1. The van der Waals surface area contributed by atoms with Crippen LogP contribution in [0.2, 0.25) is 0 Å². The van der Waals surface area contributed by atoms with Gasteiger partial charge in [-0.3, -0.25) is 4.79 Å². The van der Waals surface area contributed by atoms with Gasteiger partial charge >= 0.3 is 5.97 Å². The van der Waals surface area contributed by atoms with Crippen LogP contribution in [0.3, 0.4) is 0 Å². The Bertz CT molecular complexity index is 599. The molecular formula is C16H16BrNO3. The van der Waals surface area contributed by atoms with E-state index in [1.807, 2.05) is 36.4 Å². The van der Waals surface area contributed by atoms with Crippen molar-refractivity contribution in [2.75, 3.05) is 6.61 Å². The summed E-state index contributed by atoms with van der Waals surface area (Å²) in [5.41, 5.74) is 1.92. The van der Waals surface area contributed by atoms with E-state index in [2.05, 4.69) is 20.9 Å². The Kier molecular flexibility index (Phi) is 5.75. The number of carbonyl (C=O) groups excluding carboxylic acids is 1. The van der Waals surface area contributed by atoms with Gasteiger partial charge in [0.05, 0.1) is 19.2 Å². The highest BCUT2D eigenvalue weighted by molar-refractivity contribution is 9.10. The molecule has 1 aromatic carbocycles. The quantitative estimate of drug-likeness (QED) is 0.591. The molecule has 0 aliphatic heterocycles. The zero-order valence-corrected chi connectivity index (χ0v) is 13.3. The van der Waals surface area contributed by atoms with E-state index < -0.39 is 0 Å². The zero-order valence-electron chi connectivity index (χ0n) is 11.7. The smallest absolute Gasteiger partial charge is 0.310 e. The molecule has 21 heavy (non-hydrogen) atoms. The van der Waals surface area contributed by atoms with Crippen LogP contribution in [0.5, 0.6) is 5.75 Å². The van der Waals surface area contributed by atoms with Gasteiger partial charge in [-0.2, -0.15) is 0 Å². The lowest BCUT2D eigenvalue weighted by Crippen LogP contribution is -2.07. The van der Waals surface area contributed by atoms with Crippen LogP contribution in [-0.2, 0) is 22.6 Å². The van der Waals surface area contributed by atoms with Crippen molar-refractivity contribution in [2.45, 2.75) is 20.0 Å². The van der Waals surface area contributed by atoms with Gasteiger partial charge in [-0.25, -0.2) is 4.98 Å². The van der Waals surface area contributed by atoms with Crippen LogP contribution in [0.25, 0.3) is 0 Å². The van der Waals surface area contributed by atoms with Gasteiger partial charge in [0, 0.05) is 0 Å². The number of benzene rings is 1. The topological polar surface area (TPSA) is 48.4 Å². The first-order valence-electron chi connectivity index (χ1n) is 6.65. The Hall–Kier alpha value is -1.88. The first-order chi connectivity index (χ1) is 10.2. The van der Waals surface area contributed by atoms with E-state index in [1.54, 1.807) is 13.1 Å². The molecule has 0 aliphatic carbocycles. The first-order valence-corrected chi connectivity index (χ1v) is 7.44. The summed E-state index contributed by atoms with van der Waals surface area (Å²) in [7, 11) is 0. The van der Waals surface area contributed by atoms with Gasteiger partial charge in [-0.15, -0.1) is 0 Å². The predicted molar refractivity (Wildman–Crippen MR) is 83.0 cm³/mol. The lowest BCUT2D eigenvalue weighted by molar-refractivity contribution is -0.142. The number of carbonyl (C=O) groups is 1. The van der Waals surface area contributed by atoms with E-state index in [9.17, 15) is 4.79 Å². The number of rotatable bonds is 6. The number of ether oxygens (including phenoxy) is 2. The second-order valence-corrected chi connectivity index (χ2v) is 5.22. The molecule has 1 heterocycles. The second-order valence-electron chi connectivity index (χ2n) is 4.41. The lowest BCUT2D eigenvalue weighted by Gasteiger charge is -2.08. The van der Waals surface area contributed by atoms with Crippen LogP contribution >= 0.6 is 15.9 Å². The molecule has 110 valence electrons. The van der Waals surface area contributed by atoms with Crippen LogP contribution in [0.4, 0.5) is 0 Å². The molecule has 2 rings (SSSR count). The summed E-state index contributed by atoms with van der Waals surface area (Å²) in [6.07, 6.45) is 1.94. The molecule has 2 aromatic rings. The third-order valence-electron chi connectivity index (χ3n) is 2.75. The minimum absolute atomic E-state index is 0.215. The summed E-state index contributed by atoms with van der Waals surface area (Å²) in [4.78, 5) is 15.6. The van der Waals surface area contributed by atoms with Gasteiger partial charge in [-0.1, -0.05) is 24.3 Å². The Labute approximate surface area is 132 Å². The van der Waals surface area contributed by atoms with Crippen LogP contribution in [0.1, 0.15) is 18.1 Å². The standard InChI is InChI=1S/C16H16BrNO3/c1-2-20-16(19)9-12-4-3-5-13(8-12)11-21-14-6-7-15(17)18-10-14/h3-8,10H,2,9,11H2,1H3.